The summed E-state index contributed by atoms with van der Waals surface area (Å²) >= 11 is 0. The Labute approximate surface area is 189 Å². The van der Waals surface area contributed by atoms with Gasteiger partial charge in [-0.3, -0.25) is 0 Å². The Bertz CT molecular complexity index is 1080. The molecular weight excluding hydrogens is 404 g/mol. The lowest BCUT2D eigenvalue weighted by atomic mass is 9.69. The molecule has 2 aromatic carbocycles. The quantitative estimate of drug-likeness (QED) is 0.539. The van der Waals surface area contributed by atoms with Crippen molar-refractivity contribution in [2.45, 2.75) is 37.0 Å². The summed E-state index contributed by atoms with van der Waals surface area (Å²) in [6.45, 7) is 1.86. The van der Waals surface area contributed by atoms with Crippen molar-refractivity contribution in [3.8, 4) is 11.5 Å². The maximum atomic E-state index is 12.9. The third kappa shape index (κ3) is 3.34. The summed E-state index contributed by atoms with van der Waals surface area (Å²) in [5, 5.41) is 0. The van der Waals surface area contributed by atoms with Crippen LogP contribution in [0.4, 0.5) is 5.69 Å². The molecule has 3 atom stereocenters. The second-order valence-corrected chi connectivity index (χ2v) is 9.25. The number of hydrogen-bond acceptors (Lipinski definition) is 6. The van der Waals surface area contributed by atoms with Crippen LogP contribution in [0.3, 0.4) is 0 Å². The Kier molecular flexibility index (Phi) is 5.13. The second-order valence-electron chi connectivity index (χ2n) is 9.25. The molecule has 2 aromatic rings. The summed E-state index contributed by atoms with van der Waals surface area (Å²) < 4.78 is 18.0. The van der Waals surface area contributed by atoms with Crippen molar-refractivity contribution < 1.29 is 19.0 Å². The van der Waals surface area contributed by atoms with Crippen molar-refractivity contribution in [1.29, 1.82) is 0 Å². The lowest BCUT2D eigenvalue weighted by Crippen LogP contribution is -2.43. The number of hydrogen-bond donors (Lipinski definition) is 0. The molecule has 0 amide bonds. The van der Waals surface area contributed by atoms with Gasteiger partial charge in [0.2, 0.25) is 0 Å². The van der Waals surface area contributed by atoms with Crippen molar-refractivity contribution in [1.82, 2.24) is 4.90 Å². The molecule has 6 nitrogen and oxygen atoms in total. The molecule has 0 radical (unpaired) electrons. The molecule has 6 heteroatoms. The number of carbonyl (C=O) groups is 1. The Morgan fingerprint density at radius 2 is 2.09 bits per heavy atom. The van der Waals surface area contributed by atoms with Gasteiger partial charge in [-0.1, -0.05) is 18.2 Å². The SMILES string of the molecule is COc1ccc2c3c1O[C@H]1C[C@@H](OC(=O)c4cccc(N(C)C)c4)C=C[C@@]31CCN(C)C2. The average molecular weight is 435 g/mol. The van der Waals surface area contributed by atoms with Crippen molar-refractivity contribution >= 4 is 11.7 Å². The molecule has 2 heterocycles. The fourth-order valence-corrected chi connectivity index (χ4v) is 5.27. The van der Waals surface area contributed by atoms with E-state index in [1.54, 1.807) is 13.2 Å². The van der Waals surface area contributed by atoms with Crippen LogP contribution in [0.15, 0.2) is 48.6 Å². The molecule has 5 rings (SSSR count). The van der Waals surface area contributed by atoms with Crippen molar-refractivity contribution in [3.05, 3.63) is 65.2 Å². The maximum absolute atomic E-state index is 12.9. The molecule has 168 valence electrons. The molecule has 0 aromatic heterocycles. The molecule has 32 heavy (non-hydrogen) atoms. The fourth-order valence-electron chi connectivity index (χ4n) is 5.27. The van der Waals surface area contributed by atoms with Crippen LogP contribution in [-0.2, 0) is 16.7 Å². The molecular formula is C26H30N2O4. The number of carbonyl (C=O) groups excluding carboxylic acids is 1. The monoisotopic (exact) mass is 434 g/mol. The molecule has 3 aliphatic rings. The van der Waals surface area contributed by atoms with Crippen LogP contribution in [0.1, 0.15) is 34.3 Å². The highest BCUT2D eigenvalue weighted by Gasteiger charge is 2.53. The number of rotatable bonds is 4. The molecule has 0 fully saturated rings. The summed E-state index contributed by atoms with van der Waals surface area (Å²) in [7, 11) is 7.75. The first-order chi connectivity index (χ1) is 15.4. The minimum Gasteiger partial charge on any atom is -0.493 e. The zero-order valence-corrected chi connectivity index (χ0v) is 19.1. The van der Waals surface area contributed by atoms with E-state index in [0.717, 1.165) is 36.7 Å². The van der Waals surface area contributed by atoms with Gasteiger partial charge in [-0.2, -0.15) is 0 Å². The van der Waals surface area contributed by atoms with Crippen molar-refractivity contribution in [3.63, 3.8) is 0 Å². The minimum absolute atomic E-state index is 0.0880. The van der Waals surface area contributed by atoms with Gasteiger partial charge in [0.05, 0.1) is 18.1 Å². The van der Waals surface area contributed by atoms with E-state index >= 15 is 0 Å². The highest BCUT2D eigenvalue weighted by molar-refractivity contribution is 5.90. The molecule has 0 saturated carbocycles. The van der Waals surface area contributed by atoms with Crippen LogP contribution >= 0.6 is 0 Å². The molecule has 1 aliphatic carbocycles. The standard InChI is InChI=1S/C26H30N2O4/c1-27(2)19-7-5-6-17(14-19)25(29)31-20-10-11-26-12-13-28(3)16-18-8-9-21(30-4)24(23(18)26)32-22(26)15-20/h5-11,14,20,22H,12-13,15-16H2,1-4H3/t20-,22-,26-/m0/s1. The number of esters is 1. The van der Waals surface area contributed by atoms with Crippen LogP contribution < -0.4 is 14.4 Å². The highest BCUT2D eigenvalue weighted by atomic mass is 16.6. The molecule has 0 bridgehead atoms. The predicted molar refractivity (Wildman–Crippen MR) is 124 cm³/mol. The van der Waals surface area contributed by atoms with Gasteiger partial charge < -0.3 is 24.0 Å². The second kappa shape index (κ2) is 7.85. The van der Waals surface area contributed by atoms with Crippen molar-refractivity contribution in [2.24, 2.45) is 0 Å². The van der Waals surface area contributed by atoms with E-state index in [1.165, 1.54) is 11.1 Å². The Morgan fingerprint density at radius 1 is 1.25 bits per heavy atom. The average Bonchev–Trinajstić information content (AvgIpc) is 3.05. The number of ether oxygens (including phenoxy) is 3. The maximum Gasteiger partial charge on any atom is 0.338 e. The first-order valence-corrected chi connectivity index (χ1v) is 11.1. The first kappa shape index (κ1) is 20.9. The summed E-state index contributed by atoms with van der Waals surface area (Å²) in [6.07, 6.45) is 5.45. The summed E-state index contributed by atoms with van der Waals surface area (Å²) in [4.78, 5) is 17.2. The Balaban J connectivity index is 1.43. The van der Waals surface area contributed by atoms with E-state index in [1.807, 2.05) is 43.3 Å². The molecule has 0 unspecified atom stereocenters. The van der Waals surface area contributed by atoms with E-state index in [-0.39, 0.29) is 23.6 Å². The summed E-state index contributed by atoms with van der Waals surface area (Å²) in [5.74, 6) is 1.30. The lowest BCUT2D eigenvalue weighted by molar-refractivity contribution is 0.0218. The Morgan fingerprint density at radius 3 is 2.88 bits per heavy atom. The molecule has 2 aliphatic heterocycles. The lowest BCUT2D eigenvalue weighted by Gasteiger charge is -2.36. The minimum atomic E-state index is -0.328. The predicted octanol–water partition coefficient (Wildman–Crippen LogP) is 3.78. The van der Waals surface area contributed by atoms with Crippen molar-refractivity contribution in [2.75, 3.05) is 39.7 Å². The van der Waals surface area contributed by atoms with Gasteiger partial charge in [0.25, 0.3) is 0 Å². The van der Waals surface area contributed by atoms with E-state index in [9.17, 15) is 4.79 Å². The molecule has 1 spiro atoms. The number of benzene rings is 2. The normalized spacial score (nSPS) is 25.9. The fraction of sp³-hybridized carbons (Fsp3) is 0.423. The van der Waals surface area contributed by atoms with E-state index in [2.05, 4.69) is 30.2 Å². The third-order valence-corrected chi connectivity index (χ3v) is 6.99. The number of anilines is 1. The topological polar surface area (TPSA) is 51.2 Å². The molecule has 0 N–H and O–H groups in total. The Hall–Kier alpha value is -2.99. The smallest absolute Gasteiger partial charge is 0.338 e. The van der Waals surface area contributed by atoms with Gasteiger partial charge in [0.15, 0.2) is 11.5 Å². The number of methoxy groups -OCH3 is 1. The van der Waals surface area contributed by atoms with E-state index in [0.29, 0.717) is 12.0 Å². The van der Waals surface area contributed by atoms with Gasteiger partial charge >= 0.3 is 5.97 Å². The third-order valence-electron chi connectivity index (χ3n) is 6.99. The zero-order valence-electron chi connectivity index (χ0n) is 19.1. The first-order valence-electron chi connectivity index (χ1n) is 11.1. The van der Waals surface area contributed by atoms with Gasteiger partial charge in [-0.05, 0) is 55.9 Å². The van der Waals surface area contributed by atoms with Gasteiger partial charge in [0.1, 0.15) is 12.2 Å². The van der Waals surface area contributed by atoms with Gasteiger partial charge in [0, 0.05) is 38.3 Å². The molecule has 0 saturated heterocycles. The van der Waals surface area contributed by atoms with Gasteiger partial charge in [-0.15, -0.1) is 0 Å². The van der Waals surface area contributed by atoms with E-state index < -0.39 is 0 Å². The summed E-state index contributed by atoms with van der Waals surface area (Å²) in [5.41, 5.74) is 3.84. The van der Waals surface area contributed by atoms with E-state index in [4.69, 9.17) is 14.2 Å². The van der Waals surface area contributed by atoms with Crippen LogP contribution in [-0.4, -0.2) is 57.9 Å². The number of nitrogens with zero attached hydrogens (tertiary/aromatic N) is 2. The van der Waals surface area contributed by atoms with Crippen LogP contribution in [0.25, 0.3) is 0 Å². The van der Waals surface area contributed by atoms with Crippen LogP contribution in [0.5, 0.6) is 11.5 Å². The highest BCUT2D eigenvalue weighted by Crippen LogP contribution is 2.55. The van der Waals surface area contributed by atoms with Crippen LogP contribution in [0, 0.1) is 0 Å². The zero-order chi connectivity index (χ0) is 22.5. The largest absolute Gasteiger partial charge is 0.493 e. The van der Waals surface area contributed by atoms with Crippen LogP contribution in [0.2, 0.25) is 0 Å². The van der Waals surface area contributed by atoms with Gasteiger partial charge in [-0.25, -0.2) is 4.79 Å². The summed E-state index contributed by atoms with van der Waals surface area (Å²) in [6, 6.07) is 11.7.